The number of carbonyl (C=O) groups is 2. The minimum atomic E-state index is -0.00210. The van der Waals surface area contributed by atoms with Gasteiger partial charge in [0, 0.05) is 31.7 Å². The van der Waals surface area contributed by atoms with Crippen LogP contribution in [-0.2, 0) is 4.79 Å². The monoisotopic (exact) mass is 356 g/mol. The highest BCUT2D eigenvalue weighted by molar-refractivity contribution is 6.06. The van der Waals surface area contributed by atoms with E-state index in [0.717, 1.165) is 36.2 Å². The molecule has 4 rings (SSSR count). The number of amides is 2. The summed E-state index contributed by atoms with van der Waals surface area (Å²) in [5, 5.41) is 7.80. The maximum Gasteiger partial charge on any atom is 0.259 e. The van der Waals surface area contributed by atoms with E-state index < -0.39 is 0 Å². The summed E-state index contributed by atoms with van der Waals surface area (Å²) in [6.07, 6.45) is 2.29. The van der Waals surface area contributed by atoms with E-state index in [4.69, 9.17) is 4.52 Å². The largest absolute Gasteiger partial charge is 0.356 e. The first kappa shape index (κ1) is 17.0. The molecule has 0 atom stereocenters. The second-order valence-electron chi connectivity index (χ2n) is 7.96. The fraction of sp³-hybridized carbons (Fsp3) is 0.579. The van der Waals surface area contributed by atoms with E-state index in [0.29, 0.717) is 30.8 Å². The van der Waals surface area contributed by atoms with Crippen molar-refractivity contribution in [2.45, 2.75) is 46.0 Å². The lowest BCUT2D eigenvalue weighted by molar-refractivity contribution is -0.119. The maximum absolute atomic E-state index is 13.3. The predicted molar refractivity (Wildman–Crippen MR) is 95.8 cm³/mol. The molecule has 2 aromatic rings. The zero-order valence-corrected chi connectivity index (χ0v) is 15.5. The molecule has 2 saturated heterocycles. The van der Waals surface area contributed by atoms with Crippen molar-refractivity contribution in [1.82, 2.24) is 20.4 Å². The number of hydrogen-bond acceptors (Lipinski definition) is 5. The molecule has 2 fully saturated rings. The van der Waals surface area contributed by atoms with Gasteiger partial charge in [-0.2, -0.15) is 0 Å². The van der Waals surface area contributed by atoms with Crippen molar-refractivity contribution in [1.29, 1.82) is 0 Å². The molecule has 138 valence electrons. The summed E-state index contributed by atoms with van der Waals surface area (Å²) in [4.78, 5) is 31.1. The molecule has 2 amide bonds. The van der Waals surface area contributed by atoms with Crippen molar-refractivity contribution in [2.75, 3.05) is 19.6 Å². The van der Waals surface area contributed by atoms with Crippen molar-refractivity contribution in [2.24, 2.45) is 5.41 Å². The lowest BCUT2D eigenvalue weighted by Gasteiger charge is -2.38. The van der Waals surface area contributed by atoms with Gasteiger partial charge in [0.15, 0.2) is 0 Å². The number of aromatic nitrogens is 2. The van der Waals surface area contributed by atoms with Crippen molar-refractivity contribution in [3.05, 3.63) is 23.0 Å². The Labute approximate surface area is 152 Å². The molecular formula is C19H24N4O3. The molecule has 26 heavy (non-hydrogen) atoms. The van der Waals surface area contributed by atoms with Gasteiger partial charge in [-0.05, 0) is 37.2 Å². The van der Waals surface area contributed by atoms with E-state index in [2.05, 4.69) is 15.5 Å². The van der Waals surface area contributed by atoms with Crippen LogP contribution in [0.3, 0.4) is 0 Å². The average molecular weight is 356 g/mol. The summed E-state index contributed by atoms with van der Waals surface area (Å²) in [7, 11) is 0. The van der Waals surface area contributed by atoms with Gasteiger partial charge < -0.3 is 14.7 Å². The number of nitrogens with zero attached hydrogens (tertiary/aromatic N) is 3. The zero-order valence-electron chi connectivity index (χ0n) is 15.5. The Morgan fingerprint density at radius 1 is 1.35 bits per heavy atom. The standard InChI is InChI=1S/C19H24N4O3/c1-11(2)16-15-13(8-12(3)21-17(15)26-22-16)18(25)23-6-4-19(5-7-23)9-14(24)20-10-19/h8,11H,4-7,9-10H2,1-3H3,(H,20,24). The van der Waals surface area contributed by atoms with Crippen LogP contribution in [0.5, 0.6) is 0 Å². The Hall–Kier alpha value is -2.44. The number of aryl methyl sites for hydroxylation is 1. The predicted octanol–water partition coefficient (Wildman–Crippen LogP) is 2.40. The van der Waals surface area contributed by atoms with Crippen LogP contribution in [0.15, 0.2) is 10.6 Å². The summed E-state index contributed by atoms with van der Waals surface area (Å²) >= 11 is 0. The summed E-state index contributed by atoms with van der Waals surface area (Å²) in [5.41, 5.74) is 2.59. The number of carbonyl (C=O) groups excluding carboxylic acids is 2. The van der Waals surface area contributed by atoms with E-state index in [1.54, 1.807) is 0 Å². The van der Waals surface area contributed by atoms with E-state index in [1.807, 2.05) is 31.7 Å². The highest BCUT2D eigenvalue weighted by Crippen LogP contribution is 2.38. The second kappa shape index (κ2) is 6.07. The van der Waals surface area contributed by atoms with E-state index in [9.17, 15) is 9.59 Å². The van der Waals surface area contributed by atoms with Crippen LogP contribution < -0.4 is 5.32 Å². The van der Waals surface area contributed by atoms with E-state index in [1.165, 1.54) is 0 Å². The van der Waals surface area contributed by atoms with Gasteiger partial charge in [-0.15, -0.1) is 0 Å². The summed E-state index contributed by atoms with van der Waals surface area (Å²) in [6.45, 7) is 7.97. The third-order valence-electron chi connectivity index (χ3n) is 5.69. The highest BCUT2D eigenvalue weighted by atomic mass is 16.5. The molecule has 1 spiro atoms. The van der Waals surface area contributed by atoms with Gasteiger partial charge in [-0.3, -0.25) is 9.59 Å². The van der Waals surface area contributed by atoms with Gasteiger partial charge in [0.05, 0.1) is 16.6 Å². The van der Waals surface area contributed by atoms with E-state index >= 15 is 0 Å². The van der Waals surface area contributed by atoms with Crippen LogP contribution in [0, 0.1) is 12.3 Å². The highest BCUT2D eigenvalue weighted by Gasteiger charge is 2.42. The molecule has 0 aliphatic carbocycles. The maximum atomic E-state index is 13.3. The molecule has 7 nitrogen and oxygen atoms in total. The van der Waals surface area contributed by atoms with Crippen molar-refractivity contribution in [3.63, 3.8) is 0 Å². The van der Waals surface area contributed by atoms with Crippen LogP contribution in [0.4, 0.5) is 0 Å². The molecule has 2 aromatic heterocycles. The van der Waals surface area contributed by atoms with E-state index in [-0.39, 0.29) is 23.1 Å². The van der Waals surface area contributed by atoms with Crippen LogP contribution in [-0.4, -0.2) is 46.5 Å². The fourth-order valence-corrected chi connectivity index (χ4v) is 4.12. The van der Waals surface area contributed by atoms with Gasteiger partial charge in [-0.1, -0.05) is 19.0 Å². The number of rotatable bonds is 2. The molecular weight excluding hydrogens is 332 g/mol. The Balaban J connectivity index is 1.63. The van der Waals surface area contributed by atoms with Gasteiger partial charge >= 0.3 is 0 Å². The minimum absolute atomic E-state index is 0.00210. The number of fused-ring (bicyclic) bond motifs is 1. The lowest BCUT2D eigenvalue weighted by atomic mass is 9.77. The quantitative estimate of drug-likeness (QED) is 0.893. The third-order valence-corrected chi connectivity index (χ3v) is 5.69. The van der Waals surface area contributed by atoms with Gasteiger partial charge in [-0.25, -0.2) is 4.98 Å². The average Bonchev–Trinajstić information content (AvgIpc) is 3.18. The Bertz CT molecular complexity index is 878. The molecule has 0 unspecified atom stereocenters. The van der Waals surface area contributed by atoms with Gasteiger partial charge in [0.1, 0.15) is 0 Å². The van der Waals surface area contributed by atoms with Crippen molar-refractivity contribution < 1.29 is 14.1 Å². The Morgan fingerprint density at radius 3 is 2.69 bits per heavy atom. The Morgan fingerprint density at radius 2 is 2.08 bits per heavy atom. The number of hydrogen-bond donors (Lipinski definition) is 1. The molecule has 4 heterocycles. The number of nitrogens with one attached hydrogen (secondary N) is 1. The molecule has 0 saturated carbocycles. The van der Waals surface area contributed by atoms with Crippen LogP contribution in [0.25, 0.3) is 11.1 Å². The normalized spacial score (nSPS) is 19.5. The van der Waals surface area contributed by atoms with Crippen molar-refractivity contribution in [3.8, 4) is 0 Å². The molecule has 0 bridgehead atoms. The molecule has 2 aliphatic heterocycles. The molecule has 0 aromatic carbocycles. The molecule has 7 heteroatoms. The topological polar surface area (TPSA) is 88.3 Å². The first-order valence-electron chi connectivity index (χ1n) is 9.21. The molecule has 2 aliphatic rings. The minimum Gasteiger partial charge on any atom is -0.356 e. The zero-order chi connectivity index (χ0) is 18.5. The molecule has 1 N–H and O–H groups in total. The first-order valence-corrected chi connectivity index (χ1v) is 9.21. The summed E-state index contributed by atoms with van der Waals surface area (Å²) in [5.74, 6) is 0.271. The molecule has 0 radical (unpaired) electrons. The Kier molecular flexibility index (Phi) is 3.97. The smallest absolute Gasteiger partial charge is 0.259 e. The lowest BCUT2D eigenvalue weighted by Crippen LogP contribution is -2.44. The van der Waals surface area contributed by atoms with Crippen LogP contribution in [0.1, 0.15) is 60.8 Å². The van der Waals surface area contributed by atoms with Gasteiger partial charge in [0.25, 0.3) is 11.6 Å². The van der Waals surface area contributed by atoms with Crippen molar-refractivity contribution >= 4 is 22.9 Å². The fourth-order valence-electron chi connectivity index (χ4n) is 4.12. The van der Waals surface area contributed by atoms with Gasteiger partial charge in [0.2, 0.25) is 5.91 Å². The number of pyridine rings is 1. The summed E-state index contributed by atoms with van der Waals surface area (Å²) in [6, 6.07) is 1.83. The van der Waals surface area contributed by atoms with Crippen LogP contribution >= 0.6 is 0 Å². The number of likely N-dealkylation sites (tertiary alicyclic amines) is 1. The number of piperidine rings is 1. The second-order valence-corrected chi connectivity index (χ2v) is 7.96. The SMILES string of the molecule is Cc1cc(C(=O)N2CCC3(CC2)CNC(=O)C3)c2c(C(C)C)noc2n1. The van der Waals surface area contributed by atoms with Crippen LogP contribution in [0.2, 0.25) is 0 Å². The summed E-state index contributed by atoms with van der Waals surface area (Å²) < 4.78 is 5.38. The first-order chi connectivity index (χ1) is 12.4. The third kappa shape index (κ3) is 2.75.